The van der Waals surface area contributed by atoms with Crippen LogP contribution in [-0.2, 0) is 0 Å². The summed E-state index contributed by atoms with van der Waals surface area (Å²) in [6.07, 6.45) is 0. The third-order valence-electron chi connectivity index (χ3n) is 8.31. The Bertz CT molecular complexity index is 1840. The van der Waals surface area contributed by atoms with Crippen molar-refractivity contribution in [3.63, 3.8) is 0 Å². The van der Waals surface area contributed by atoms with E-state index in [1.54, 1.807) is 0 Å². The zero-order chi connectivity index (χ0) is 29.1. The Morgan fingerprint density at radius 3 is 1.46 bits per heavy atom. The summed E-state index contributed by atoms with van der Waals surface area (Å²) in [5.74, 6) is 0. The standard InChI is InChI=1S/C35H40NO2PSi2/c1-24(25-16-10-9-11-17-25)36(2)39-37-34-30(40(3,4)5)22-26-18-12-14-20-28(26)32(34)33-29-21-15-13-19-27(29)23-31(35(33)38-39)41(6,7)8/h9-24H,1-8H3/t24-/m1/s1. The van der Waals surface area contributed by atoms with Crippen LogP contribution in [0.15, 0.2) is 99.4 Å². The molecule has 0 radical (unpaired) electrons. The average molecular weight is 594 g/mol. The van der Waals surface area contributed by atoms with Gasteiger partial charge in [-0.05, 0) is 44.4 Å². The minimum absolute atomic E-state index is 0.124. The van der Waals surface area contributed by atoms with Gasteiger partial charge in [-0.1, -0.05) is 130 Å². The van der Waals surface area contributed by atoms with E-state index < -0.39 is 24.3 Å². The van der Waals surface area contributed by atoms with Crippen LogP contribution in [0.1, 0.15) is 18.5 Å². The van der Waals surface area contributed by atoms with Crippen molar-refractivity contribution in [2.24, 2.45) is 0 Å². The summed E-state index contributed by atoms with van der Waals surface area (Å²) in [7, 11) is -2.96. The van der Waals surface area contributed by atoms with E-state index in [4.69, 9.17) is 8.39 Å². The van der Waals surface area contributed by atoms with Crippen LogP contribution in [0.25, 0.3) is 43.5 Å². The maximum atomic E-state index is 7.24. The molecule has 1 heterocycles. The zero-order valence-corrected chi connectivity index (χ0v) is 28.3. The molecule has 5 aromatic carbocycles. The third-order valence-corrected chi connectivity index (χ3v) is 13.8. The predicted octanol–water partition coefficient (Wildman–Crippen LogP) is 10.0. The van der Waals surface area contributed by atoms with E-state index in [9.17, 15) is 0 Å². The molecule has 210 valence electrons. The van der Waals surface area contributed by atoms with E-state index in [2.05, 4.69) is 149 Å². The first-order chi connectivity index (χ1) is 19.4. The van der Waals surface area contributed by atoms with Crippen molar-refractivity contribution in [3.8, 4) is 0 Å². The molecule has 6 aromatic rings. The van der Waals surface area contributed by atoms with Crippen molar-refractivity contribution >= 4 is 78.2 Å². The van der Waals surface area contributed by atoms with E-state index >= 15 is 0 Å². The highest BCUT2D eigenvalue weighted by atomic mass is 31.1. The van der Waals surface area contributed by atoms with Crippen LogP contribution in [-0.4, -0.2) is 23.2 Å². The lowest BCUT2D eigenvalue weighted by Crippen LogP contribution is -2.38. The van der Waals surface area contributed by atoms with Crippen molar-refractivity contribution in [3.05, 3.63) is 96.6 Å². The maximum Gasteiger partial charge on any atom is 0.309 e. The first kappa shape index (κ1) is 28.1. The lowest BCUT2D eigenvalue weighted by atomic mass is 9.98. The summed E-state index contributed by atoms with van der Waals surface area (Å²) < 4.78 is 16.8. The van der Waals surface area contributed by atoms with Gasteiger partial charge in [-0.2, -0.15) is 4.67 Å². The van der Waals surface area contributed by atoms with E-state index in [-0.39, 0.29) is 6.04 Å². The maximum absolute atomic E-state index is 7.24. The molecule has 0 unspecified atom stereocenters. The second-order valence-electron chi connectivity index (χ2n) is 13.3. The number of rotatable bonds is 5. The van der Waals surface area contributed by atoms with Crippen molar-refractivity contribution < 1.29 is 8.39 Å². The molecule has 0 amide bonds. The van der Waals surface area contributed by atoms with Gasteiger partial charge in [-0.15, -0.1) is 0 Å². The van der Waals surface area contributed by atoms with Crippen molar-refractivity contribution in [2.45, 2.75) is 52.2 Å². The van der Waals surface area contributed by atoms with Gasteiger partial charge in [-0.25, -0.2) is 0 Å². The Morgan fingerprint density at radius 2 is 1.02 bits per heavy atom. The van der Waals surface area contributed by atoms with Crippen molar-refractivity contribution in [2.75, 3.05) is 11.7 Å². The normalized spacial score (nSPS) is 13.5. The summed E-state index contributed by atoms with van der Waals surface area (Å²) in [6, 6.07) is 33.2. The zero-order valence-electron chi connectivity index (χ0n) is 25.4. The third kappa shape index (κ3) is 4.99. The van der Waals surface area contributed by atoms with Crippen LogP contribution in [0.4, 0.5) is 0 Å². The lowest BCUT2D eigenvalue weighted by Gasteiger charge is -2.23. The number of fused-ring (bicyclic) bond motifs is 7. The molecule has 0 saturated heterocycles. The smallest absolute Gasteiger partial charge is 0.309 e. The second-order valence-corrected chi connectivity index (χ2v) is 24.8. The fourth-order valence-corrected chi connectivity index (χ4v) is 10.3. The number of hydrogen-bond acceptors (Lipinski definition) is 3. The topological polar surface area (TPSA) is 29.5 Å². The summed E-state index contributed by atoms with van der Waals surface area (Å²) >= 11 is 0. The van der Waals surface area contributed by atoms with Crippen LogP contribution in [0, 0.1) is 0 Å². The van der Waals surface area contributed by atoms with Gasteiger partial charge in [0.15, 0.2) is 0 Å². The highest BCUT2D eigenvalue weighted by molar-refractivity contribution is 7.39. The average Bonchev–Trinajstić information content (AvgIpc) is 3.13. The molecule has 6 rings (SSSR count). The van der Waals surface area contributed by atoms with Crippen molar-refractivity contribution in [1.82, 2.24) is 0 Å². The summed E-state index contributed by atoms with van der Waals surface area (Å²) in [6.45, 7) is 16.8. The van der Waals surface area contributed by atoms with E-state index in [1.807, 2.05) is 0 Å². The van der Waals surface area contributed by atoms with Crippen LogP contribution in [0.2, 0.25) is 39.3 Å². The molecule has 6 heteroatoms. The van der Waals surface area contributed by atoms with E-state index in [0.29, 0.717) is 0 Å². The largest absolute Gasteiger partial charge is 0.408 e. The predicted molar refractivity (Wildman–Crippen MR) is 186 cm³/mol. The van der Waals surface area contributed by atoms with E-state index in [0.717, 1.165) is 11.2 Å². The highest BCUT2D eigenvalue weighted by Gasteiger charge is 2.29. The molecule has 0 aliphatic rings. The van der Waals surface area contributed by atoms with Crippen molar-refractivity contribution in [1.29, 1.82) is 0 Å². The molecular formula is C35H40NO2PSi2. The van der Waals surface area contributed by atoms with Gasteiger partial charge >= 0.3 is 8.16 Å². The Morgan fingerprint density at radius 1 is 0.610 bits per heavy atom. The van der Waals surface area contributed by atoms with E-state index in [1.165, 1.54) is 48.3 Å². The Kier molecular flexibility index (Phi) is 7.06. The van der Waals surface area contributed by atoms with Gasteiger partial charge < -0.3 is 8.39 Å². The minimum Gasteiger partial charge on any atom is -0.408 e. The van der Waals surface area contributed by atoms with Crippen LogP contribution < -0.4 is 15.0 Å². The fraction of sp³-hybridized carbons (Fsp3) is 0.257. The molecule has 3 nitrogen and oxygen atoms in total. The molecule has 1 aromatic heterocycles. The number of nitrogens with zero attached hydrogens (tertiary/aromatic N) is 1. The van der Waals surface area contributed by atoms with Gasteiger partial charge in [0.25, 0.3) is 0 Å². The minimum atomic E-state index is -1.83. The molecule has 41 heavy (non-hydrogen) atoms. The van der Waals surface area contributed by atoms with Gasteiger partial charge in [0.1, 0.15) is 11.2 Å². The number of hydrogen-bond donors (Lipinski definition) is 0. The summed E-state index contributed by atoms with van der Waals surface area (Å²) in [4.78, 5) is 0. The molecule has 0 spiro atoms. The molecule has 0 aliphatic heterocycles. The van der Waals surface area contributed by atoms with Crippen LogP contribution in [0.5, 0.6) is 0 Å². The quantitative estimate of drug-likeness (QED) is 0.186. The van der Waals surface area contributed by atoms with Crippen LogP contribution in [0.3, 0.4) is 0 Å². The molecule has 0 N–H and O–H groups in total. The van der Waals surface area contributed by atoms with Gasteiger partial charge in [0, 0.05) is 23.9 Å². The summed E-state index contributed by atoms with van der Waals surface area (Å²) in [5, 5.41) is 10.0. The Hall–Kier alpha value is -3.09. The Labute approximate surface area is 246 Å². The highest BCUT2D eigenvalue weighted by Crippen LogP contribution is 2.43. The Balaban J connectivity index is 1.90. The fourth-order valence-electron chi connectivity index (χ4n) is 5.85. The van der Waals surface area contributed by atoms with Gasteiger partial charge in [-0.3, -0.25) is 0 Å². The molecule has 0 fully saturated rings. The number of benzene rings is 5. The molecule has 1 atom stereocenters. The van der Waals surface area contributed by atoms with Gasteiger partial charge in [0.2, 0.25) is 0 Å². The molecular weight excluding hydrogens is 554 g/mol. The summed E-state index contributed by atoms with van der Waals surface area (Å²) in [5.41, 5.74) is 3.28. The molecule has 0 saturated carbocycles. The van der Waals surface area contributed by atoms with Gasteiger partial charge in [0.05, 0.1) is 16.1 Å². The second kappa shape index (κ2) is 10.3. The first-order valence-electron chi connectivity index (χ1n) is 14.5. The van der Waals surface area contributed by atoms with Crippen LogP contribution >= 0.6 is 8.16 Å². The molecule has 0 bridgehead atoms. The SMILES string of the molecule is C[C@H](c1ccccc1)N(C)p1oc2c([Si](C)(C)C)cc3ccccc3c2c2c(o1)c([Si](C)(C)C)cc1ccccc12. The lowest BCUT2D eigenvalue weighted by molar-refractivity contribution is 0.614. The monoisotopic (exact) mass is 593 g/mol. The first-order valence-corrected chi connectivity index (χ1v) is 22.6. The molecule has 0 aliphatic carbocycles.